The van der Waals surface area contributed by atoms with Crippen molar-refractivity contribution in [2.24, 2.45) is 0 Å². The van der Waals surface area contributed by atoms with Crippen molar-refractivity contribution in [3.8, 4) is 0 Å². The van der Waals surface area contributed by atoms with Crippen LogP contribution in [0.25, 0.3) is 0 Å². The number of nitrogens with zero attached hydrogens (tertiary/aromatic N) is 2. The summed E-state index contributed by atoms with van der Waals surface area (Å²) in [6, 6.07) is 16.2. The minimum Gasteiger partial charge on any atom is -0.368 e. The van der Waals surface area contributed by atoms with Gasteiger partial charge in [0, 0.05) is 41.9 Å². The largest absolute Gasteiger partial charge is 0.368 e. The van der Waals surface area contributed by atoms with Crippen LogP contribution < -0.4 is 4.90 Å². The number of aryl methyl sites for hydroxylation is 1. The lowest BCUT2D eigenvalue weighted by molar-refractivity contribution is 0.0747. The third-order valence-electron chi connectivity index (χ3n) is 4.37. The molecule has 0 aromatic heterocycles. The molecule has 0 aliphatic carbocycles. The van der Waals surface area contributed by atoms with Crippen molar-refractivity contribution >= 4 is 27.5 Å². The molecule has 120 valence electrons. The zero-order valence-electron chi connectivity index (χ0n) is 13.3. The number of rotatable bonds is 3. The highest BCUT2D eigenvalue weighted by Crippen LogP contribution is 2.23. The molecule has 0 spiro atoms. The molecule has 1 amide bonds. The van der Waals surface area contributed by atoms with Gasteiger partial charge in [-0.15, -0.1) is 0 Å². The third kappa shape index (κ3) is 3.58. The fourth-order valence-corrected chi connectivity index (χ4v) is 3.31. The first-order valence-corrected chi connectivity index (χ1v) is 8.86. The van der Waals surface area contributed by atoms with Crippen LogP contribution in [0.1, 0.15) is 22.8 Å². The van der Waals surface area contributed by atoms with Crippen molar-refractivity contribution in [3.05, 3.63) is 64.1 Å². The van der Waals surface area contributed by atoms with Crippen molar-refractivity contribution < 1.29 is 4.79 Å². The molecule has 0 saturated carbocycles. The van der Waals surface area contributed by atoms with E-state index in [9.17, 15) is 4.79 Å². The molecule has 23 heavy (non-hydrogen) atoms. The van der Waals surface area contributed by atoms with E-state index in [-0.39, 0.29) is 5.91 Å². The summed E-state index contributed by atoms with van der Waals surface area (Å²) < 4.78 is 0.995. The second-order valence-electron chi connectivity index (χ2n) is 5.77. The van der Waals surface area contributed by atoms with Gasteiger partial charge in [0.1, 0.15) is 0 Å². The van der Waals surface area contributed by atoms with E-state index in [0.717, 1.165) is 42.6 Å². The van der Waals surface area contributed by atoms with Crippen molar-refractivity contribution in [1.82, 2.24) is 4.90 Å². The Morgan fingerprint density at radius 1 is 1.00 bits per heavy atom. The van der Waals surface area contributed by atoms with Gasteiger partial charge < -0.3 is 9.80 Å². The molecule has 0 atom stereocenters. The molecule has 0 radical (unpaired) electrons. The van der Waals surface area contributed by atoms with E-state index in [4.69, 9.17) is 0 Å². The summed E-state index contributed by atoms with van der Waals surface area (Å²) in [6.45, 7) is 5.50. The van der Waals surface area contributed by atoms with Gasteiger partial charge in [0.25, 0.3) is 5.91 Å². The molecule has 1 aliphatic heterocycles. The predicted molar refractivity (Wildman–Crippen MR) is 98.1 cm³/mol. The van der Waals surface area contributed by atoms with Gasteiger partial charge in [0.05, 0.1) is 0 Å². The Balaban J connectivity index is 1.66. The van der Waals surface area contributed by atoms with E-state index >= 15 is 0 Å². The van der Waals surface area contributed by atoms with E-state index in [1.54, 1.807) is 0 Å². The SMILES string of the molecule is CCc1ccccc1N1CCN(C(=O)c2ccc(Br)cc2)CC1. The minimum absolute atomic E-state index is 0.126. The first kappa shape index (κ1) is 16.1. The molecule has 0 N–H and O–H groups in total. The second-order valence-corrected chi connectivity index (χ2v) is 6.68. The molecule has 1 heterocycles. The maximum Gasteiger partial charge on any atom is 0.253 e. The van der Waals surface area contributed by atoms with E-state index in [1.807, 2.05) is 29.2 Å². The number of halogens is 1. The minimum atomic E-state index is 0.126. The van der Waals surface area contributed by atoms with Gasteiger partial charge >= 0.3 is 0 Å². The quantitative estimate of drug-likeness (QED) is 0.813. The van der Waals surface area contributed by atoms with Gasteiger partial charge in [-0.05, 0) is 42.3 Å². The zero-order valence-corrected chi connectivity index (χ0v) is 14.9. The van der Waals surface area contributed by atoms with Gasteiger partial charge in [-0.1, -0.05) is 41.1 Å². The monoisotopic (exact) mass is 372 g/mol. The van der Waals surface area contributed by atoms with E-state index in [0.29, 0.717) is 0 Å². The zero-order chi connectivity index (χ0) is 16.2. The Kier molecular flexibility index (Phi) is 5.01. The number of anilines is 1. The van der Waals surface area contributed by atoms with Crippen molar-refractivity contribution in [2.45, 2.75) is 13.3 Å². The summed E-state index contributed by atoms with van der Waals surface area (Å²) in [5.41, 5.74) is 3.45. The van der Waals surface area contributed by atoms with E-state index < -0.39 is 0 Å². The van der Waals surface area contributed by atoms with Gasteiger partial charge in [-0.25, -0.2) is 0 Å². The lowest BCUT2D eigenvalue weighted by atomic mass is 10.1. The molecule has 1 aliphatic rings. The van der Waals surface area contributed by atoms with Crippen molar-refractivity contribution in [2.75, 3.05) is 31.1 Å². The van der Waals surface area contributed by atoms with Crippen LogP contribution in [-0.4, -0.2) is 37.0 Å². The number of amides is 1. The highest BCUT2D eigenvalue weighted by atomic mass is 79.9. The Hall–Kier alpha value is -1.81. The van der Waals surface area contributed by atoms with Crippen LogP contribution in [0.4, 0.5) is 5.69 Å². The highest BCUT2D eigenvalue weighted by Gasteiger charge is 2.23. The first-order chi connectivity index (χ1) is 11.2. The van der Waals surface area contributed by atoms with Gasteiger partial charge in [0.15, 0.2) is 0 Å². The average molecular weight is 373 g/mol. The standard InChI is InChI=1S/C19H21BrN2O/c1-2-15-5-3-4-6-18(15)21-11-13-22(14-12-21)19(23)16-7-9-17(20)10-8-16/h3-10H,2,11-14H2,1H3. The summed E-state index contributed by atoms with van der Waals surface area (Å²) in [7, 11) is 0. The Bertz CT molecular complexity index is 676. The van der Waals surface area contributed by atoms with Gasteiger partial charge in [-0.2, -0.15) is 0 Å². The summed E-state index contributed by atoms with van der Waals surface area (Å²) in [5, 5.41) is 0. The molecule has 1 fully saturated rings. The van der Waals surface area contributed by atoms with Crippen LogP contribution in [0.2, 0.25) is 0 Å². The number of hydrogen-bond donors (Lipinski definition) is 0. The molecule has 0 unspecified atom stereocenters. The van der Waals surface area contributed by atoms with Crippen molar-refractivity contribution in [1.29, 1.82) is 0 Å². The number of hydrogen-bond acceptors (Lipinski definition) is 2. The van der Waals surface area contributed by atoms with Crippen LogP contribution in [0, 0.1) is 0 Å². The highest BCUT2D eigenvalue weighted by molar-refractivity contribution is 9.10. The summed E-state index contributed by atoms with van der Waals surface area (Å²) in [5.74, 6) is 0.126. The number of carbonyl (C=O) groups is 1. The molecule has 1 saturated heterocycles. The number of carbonyl (C=O) groups excluding carboxylic acids is 1. The molecule has 3 nitrogen and oxygen atoms in total. The van der Waals surface area contributed by atoms with Crippen LogP contribution in [0.3, 0.4) is 0 Å². The molecular weight excluding hydrogens is 352 g/mol. The number of piperazine rings is 1. The molecule has 4 heteroatoms. The number of para-hydroxylation sites is 1. The predicted octanol–water partition coefficient (Wildman–Crippen LogP) is 3.97. The Morgan fingerprint density at radius 2 is 1.65 bits per heavy atom. The fraction of sp³-hybridized carbons (Fsp3) is 0.316. The topological polar surface area (TPSA) is 23.6 Å². The average Bonchev–Trinajstić information content (AvgIpc) is 2.62. The first-order valence-electron chi connectivity index (χ1n) is 8.06. The molecule has 2 aromatic carbocycles. The molecular formula is C19H21BrN2O. The second kappa shape index (κ2) is 7.18. The van der Waals surface area contributed by atoms with Gasteiger partial charge in [-0.3, -0.25) is 4.79 Å². The summed E-state index contributed by atoms with van der Waals surface area (Å²) in [4.78, 5) is 16.9. The lowest BCUT2D eigenvalue weighted by Crippen LogP contribution is -2.49. The number of benzene rings is 2. The molecule has 2 aromatic rings. The molecule has 3 rings (SSSR count). The van der Waals surface area contributed by atoms with Gasteiger partial charge in [0.2, 0.25) is 0 Å². The summed E-state index contributed by atoms with van der Waals surface area (Å²) >= 11 is 3.41. The maximum atomic E-state index is 12.6. The maximum absolute atomic E-state index is 12.6. The molecule has 0 bridgehead atoms. The van der Waals surface area contributed by atoms with Crippen LogP contribution in [0.5, 0.6) is 0 Å². The van der Waals surface area contributed by atoms with Crippen LogP contribution in [-0.2, 0) is 6.42 Å². The van der Waals surface area contributed by atoms with E-state index in [1.165, 1.54) is 11.3 Å². The fourth-order valence-electron chi connectivity index (χ4n) is 3.04. The third-order valence-corrected chi connectivity index (χ3v) is 4.90. The Labute approximate surface area is 146 Å². The van der Waals surface area contributed by atoms with Crippen molar-refractivity contribution in [3.63, 3.8) is 0 Å². The lowest BCUT2D eigenvalue weighted by Gasteiger charge is -2.37. The van der Waals surface area contributed by atoms with Crippen LogP contribution in [0.15, 0.2) is 53.0 Å². The summed E-state index contributed by atoms with van der Waals surface area (Å²) in [6.07, 6.45) is 1.04. The normalized spacial score (nSPS) is 14.9. The van der Waals surface area contributed by atoms with Crippen LogP contribution >= 0.6 is 15.9 Å². The van der Waals surface area contributed by atoms with E-state index in [2.05, 4.69) is 52.0 Å². The Morgan fingerprint density at radius 3 is 2.30 bits per heavy atom. The smallest absolute Gasteiger partial charge is 0.253 e.